The van der Waals surface area contributed by atoms with Gasteiger partial charge in [-0.25, -0.2) is 4.39 Å². The van der Waals surface area contributed by atoms with Crippen LogP contribution in [-0.2, 0) is 16.0 Å². The number of unbranched alkanes of at least 4 members (excludes halogenated alkanes) is 1. The van der Waals surface area contributed by atoms with Crippen LogP contribution in [0.3, 0.4) is 0 Å². The molecule has 0 radical (unpaired) electrons. The Balaban J connectivity index is 2.19. The summed E-state index contributed by atoms with van der Waals surface area (Å²) in [6, 6.07) is 6.08. The Morgan fingerprint density at radius 1 is 1.11 bits per heavy atom. The van der Waals surface area contributed by atoms with Crippen molar-refractivity contribution < 1.29 is 13.9 Å². The molecule has 0 atom stereocenters. The maximum Gasteiger partial charge on any atom is 0.224 e. The average molecular weight is 381 g/mol. The van der Waals surface area contributed by atoms with E-state index in [1.165, 1.54) is 12.1 Å². The van der Waals surface area contributed by atoms with Crippen LogP contribution in [0.2, 0.25) is 0 Å². The average Bonchev–Trinajstić information content (AvgIpc) is 2.64. The standard InChI is InChI=1S/C20H33FN4O2/c1-3-5-13-27-14-7-10-24-20(22-4-2)25-12-11-23-19(26)16-17-8-6-9-18(21)15-17/h6,8-9,15H,3-5,7,10-14,16H2,1-2H3,(H,23,26)(H2,22,24,25). The SMILES string of the molecule is CCCCOCCCN=C(NCC)NCCNC(=O)Cc1cccc(F)c1. The molecule has 6 nitrogen and oxygen atoms in total. The van der Waals surface area contributed by atoms with Crippen molar-refractivity contribution in [3.8, 4) is 0 Å². The van der Waals surface area contributed by atoms with Gasteiger partial charge in [-0.3, -0.25) is 9.79 Å². The summed E-state index contributed by atoms with van der Waals surface area (Å²) in [5.41, 5.74) is 0.663. The summed E-state index contributed by atoms with van der Waals surface area (Å²) in [5, 5.41) is 9.17. The molecule has 0 unspecified atom stereocenters. The van der Waals surface area contributed by atoms with E-state index in [0.717, 1.165) is 45.0 Å². The van der Waals surface area contributed by atoms with E-state index < -0.39 is 0 Å². The lowest BCUT2D eigenvalue weighted by molar-refractivity contribution is -0.120. The van der Waals surface area contributed by atoms with E-state index in [4.69, 9.17) is 4.74 Å². The maximum atomic E-state index is 13.1. The van der Waals surface area contributed by atoms with Crippen LogP contribution >= 0.6 is 0 Å². The molecule has 0 aliphatic carbocycles. The van der Waals surface area contributed by atoms with Gasteiger partial charge >= 0.3 is 0 Å². The summed E-state index contributed by atoms with van der Waals surface area (Å²) >= 11 is 0. The molecule has 0 saturated carbocycles. The number of nitrogens with one attached hydrogen (secondary N) is 3. The molecule has 7 heteroatoms. The largest absolute Gasteiger partial charge is 0.381 e. The minimum atomic E-state index is -0.329. The highest BCUT2D eigenvalue weighted by molar-refractivity contribution is 5.80. The van der Waals surface area contributed by atoms with Crippen molar-refractivity contribution in [2.75, 3.05) is 39.4 Å². The zero-order chi connectivity index (χ0) is 19.7. The van der Waals surface area contributed by atoms with Gasteiger partial charge in [-0.1, -0.05) is 25.5 Å². The second-order valence-electron chi connectivity index (χ2n) is 6.16. The van der Waals surface area contributed by atoms with Gasteiger partial charge in [-0.2, -0.15) is 0 Å². The Kier molecular flexibility index (Phi) is 12.7. The maximum absolute atomic E-state index is 13.1. The normalized spacial score (nSPS) is 11.3. The van der Waals surface area contributed by atoms with Crippen molar-refractivity contribution in [3.63, 3.8) is 0 Å². The molecule has 152 valence electrons. The van der Waals surface area contributed by atoms with E-state index in [1.54, 1.807) is 12.1 Å². The van der Waals surface area contributed by atoms with E-state index in [2.05, 4.69) is 27.9 Å². The van der Waals surface area contributed by atoms with Crippen LogP contribution in [-0.4, -0.2) is 51.3 Å². The molecular weight excluding hydrogens is 347 g/mol. The Bertz CT molecular complexity index is 567. The third-order valence-corrected chi connectivity index (χ3v) is 3.70. The molecular formula is C20H33FN4O2. The number of ether oxygens (including phenoxy) is 1. The third-order valence-electron chi connectivity index (χ3n) is 3.70. The number of carbonyl (C=O) groups excluding carboxylic acids is 1. The van der Waals surface area contributed by atoms with Crippen molar-refractivity contribution in [2.45, 2.75) is 39.5 Å². The van der Waals surface area contributed by atoms with Gasteiger partial charge in [0.15, 0.2) is 5.96 Å². The fourth-order valence-electron chi connectivity index (χ4n) is 2.33. The number of amides is 1. The Morgan fingerprint density at radius 3 is 2.63 bits per heavy atom. The predicted molar refractivity (Wildman–Crippen MR) is 107 cm³/mol. The number of halogens is 1. The zero-order valence-electron chi connectivity index (χ0n) is 16.5. The van der Waals surface area contributed by atoms with Crippen LogP contribution in [0, 0.1) is 5.82 Å². The molecule has 1 rings (SSSR count). The number of nitrogens with zero attached hydrogens (tertiary/aromatic N) is 1. The van der Waals surface area contributed by atoms with Crippen molar-refractivity contribution in [1.82, 2.24) is 16.0 Å². The highest BCUT2D eigenvalue weighted by Crippen LogP contribution is 2.03. The lowest BCUT2D eigenvalue weighted by Crippen LogP contribution is -2.41. The second-order valence-corrected chi connectivity index (χ2v) is 6.16. The first-order chi connectivity index (χ1) is 13.2. The zero-order valence-corrected chi connectivity index (χ0v) is 16.5. The number of aliphatic imine (C=N–C) groups is 1. The first kappa shape index (κ1) is 22.9. The summed E-state index contributed by atoms with van der Waals surface area (Å²) in [6.45, 7) is 8.18. The van der Waals surface area contributed by atoms with Crippen molar-refractivity contribution in [3.05, 3.63) is 35.6 Å². The molecule has 0 bridgehead atoms. The molecule has 0 aliphatic rings. The lowest BCUT2D eigenvalue weighted by Gasteiger charge is -2.12. The fourth-order valence-corrected chi connectivity index (χ4v) is 2.33. The van der Waals surface area contributed by atoms with Gasteiger partial charge in [-0.15, -0.1) is 0 Å². The summed E-state index contributed by atoms with van der Waals surface area (Å²) in [6.07, 6.45) is 3.29. The molecule has 3 N–H and O–H groups in total. The minimum absolute atomic E-state index is 0.131. The highest BCUT2D eigenvalue weighted by Gasteiger charge is 2.04. The van der Waals surface area contributed by atoms with Gasteiger partial charge in [0, 0.05) is 39.4 Å². The molecule has 1 aromatic carbocycles. The van der Waals surface area contributed by atoms with Crippen LogP contribution in [0.4, 0.5) is 4.39 Å². The quantitative estimate of drug-likeness (QED) is 0.279. The molecule has 1 amide bonds. The molecule has 0 spiro atoms. The summed E-state index contributed by atoms with van der Waals surface area (Å²) in [5.74, 6) is 0.267. The van der Waals surface area contributed by atoms with E-state index in [0.29, 0.717) is 25.2 Å². The van der Waals surface area contributed by atoms with Gasteiger partial charge in [0.05, 0.1) is 6.42 Å². The third kappa shape index (κ3) is 12.0. The fraction of sp³-hybridized carbons (Fsp3) is 0.600. The number of guanidine groups is 1. The molecule has 0 aromatic heterocycles. The number of benzene rings is 1. The van der Waals surface area contributed by atoms with Gasteiger partial charge in [0.25, 0.3) is 0 Å². The Labute approximate surface area is 162 Å². The molecule has 0 heterocycles. The van der Waals surface area contributed by atoms with Crippen LogP contribution in [0.1, 0.15) is 38.7 Å². The van der Waals surface area contributed by atoms with E-state index >= 15 is 0 Å². The van der Waals surface area contributed by atoms with Gasteiger partial charge < -0.3 is 20.7 Å². The predicted octanol–water partition coefficient (Wildman–Crippen LogP) is 2.25. The summed E-state index contributed by atoms with van der Waals surface area (Å²) in [7, 11) is 0. The highest BCUT2D eigenvalue weighted by atomic mass is 19.1. The van der Waals surface area contributed by atoms with E-state index in [-0.39, 0.29) is 18.1 Å². The minimum Gasteiger partial charge on any atom is -0.381 e. The molecule has 0 fully saturated rings. The number of carbonyl (C=O) groups is 1. The van der Waals surface area contributed by atoms with Crippen molar-refractivity contribution in [2.24, 2.45) is 4.99 Å². The second kappa shape index (κ2) is 15.0. The summed E-state index contributed by atoms with van der Waals surface area (Å²) < 4.78 is 18.6. The molecule has 0 saturated heterocycles. The van der Waals surface area contributed by atoms with Gasteiger partial charge in [0.1, 0.15) is 5.82 Å². The van der Waals surface area contributed by atoms with Crippen molar-refractivity contribution >= 4 is 11.9 Å². The molecule has 1 aromatic rings. The molecule has 27 heavy (non-hydrogen) atoms. The van der Waals surface area contributed by atoms with Gasteiger partial charge in [-0.05, 0) is 37.5 Å². The summed E-state index contributed by atoms with van der Waals surface area (Å²) in [4.78, 5) is 16.4. The first-order valence-corrected chi connectivity index (χ1v) is 9.76. The van der Waals surface area contributed by atoms with Crippen LogP contribution in [0.25, 0.3) is 0 Å². The Morgan fingerprint density at radius 2 is 1.89 bits per heavy atom. The number of hydrogen-bond acceptors (Lipinski definition) is 3. The van der Waals surface area contributed by atoms with E-state index in [9.17, 15) is 9.18 Å². The smallest absolute Gasteiger partial charge is 0.224 e. The van der Waals surface area contributed by atoms with Crippen LogP contribution in [0.15, 0.2) is 29.3 Å². The monoisotopic (exact) mass is 380 g/mol. The van der Waals surface area contributed by atoms with Crippen LogP contribution in [0.5, 0.6) is 0 Å². The molecule has 0 aliphatic heterocycles. The lowest BCUT2D eigenvalue weighted by atomic mass is 10.1. The number of rotatable bonds is 13. The van der Waals surface area contributed by atoms with Gasteiger partial charge in [0.2, 0.25) is 5.91 Å². The first-order valence-electron chi connectivity index (χ1n) is 9.76. The van der Waals surface area contributed by atoms with E-state index in [1.807, 2.05) is 6.92 Å². The topological polar surface area (TPSA) is 74.8 Å². The number of hydrogen-bond donors (Lipinski definition) is 3. The van der Waals surface area contributed by atoms with Crippen LogP contribution < -0.4 is 16.0 Å². The van der Waals surface area contributed by atoms with Crippen molar-refractivity contribution in [1.29, 1.82) is 0 Å². The Hall–Kier alpha value is -2.15.